The molecule has 3 N–H and O–H groups in total. The number of nitrogens with one attached hydrogen (secondary N) is 3. The van der Waals surface area contributed by atoms with E-state index >= 15 is 0 Å². The SMILES string of the molecule is CCCNC(=O)[C@H](C)NC(=O)c1cccc(NS(=O)(=O)c2ccccc2)c1. The Morgan fingerprint density at radius 3 is 2.41 bits per heavy atom. The molecule has 1 atom stereocenters. The van der Waals surface area contributed by atoms with Crippen LogP contribution in [0.4, 0.5) is 5.69 Å². The van der Waals surface area contributed by atoms with Crippen molar-refractivity contribution in [2.24, 2.45) is 0 Å². The van der Waals surface area contributed by atoms with Gasteiger partial charge in [-0.25, -0.2) is 8.42 Å². The lowest BCUT2D eigenvalue weighted by atomic mass is 10.2. The van der Waals surface area contributed by atoms with Crippen LogP contribution in [0.5, 0.6) is 0 Å². The van der Waals surface area contributed by atoms with Gasteiger partial charge >= 0.3 is 0 Å². The van der Waals surface area contributed by atoms with Gasteiger partial charge in [-0.2, -0.15) is 0 Å². The highest BCUT2D eigenvalue weighted by atomic mass is 32.2. The smallest absolute Gasteiger partial charge is 0.261 e. The molecule has 2 amide bonds. The van der Waals surface area contributed by atoms with Gasteiger partial charge < -0.3 is 10.6 Å². The van der Waals surface area contributed by atoms with Crippen molar-refractivity contribution in [1.82, 2.24) is 10.6 Å². The second-order valence-corrected chi connectivity index (χ2v) is 7.67. The van der Waals surface area contributed by atoms with Crippen molar-refractivity contribution in [1.29, 1.82) is 0 Å². The van der Waals surface area contributed by atoms with Crippen molar-refractivity contribution in [2.75, 3.05) is 11.3 Å². The summed E-state index contributed by atoms with van der Waals surface area (Å²) in [6.07, 6.45) is 0.802. The molecule has 0 saturated carbocycles. The Hall–Kier alpha value is -2.87. The minimum absolute atomic E-state index is 0.126. The minimum atomic E-state index is -3.75. The van der Waals surface area contributed by atoms with Crippen LogP contribution in [0.15, 0.2) is 59.5 Å². The van der Waals surface area contributed by atoms with Gasteiger partial charge in [0.2, 0.25) is 5.91 Å². The van der Waals surface area contributed by atoms with Crippen LogP contribution in [0.25, 0.3) is 0 Å². The van der Waals surface area contributed by atoms with Crippen LogP contribution >= 0.6 is 0 Å². The first-order valence-corrected chi connectivity index (χ1v) is 10.1. The zero-order valence-electron chi connectivity index (χ0n) is 15.2. The second kappa shape index (κ2) is 9.18. The van der Waals surface area contributed by atoms with E-state index in [9.17, 15) is 18.0 Å². The summed E-state index contributed by atoms with van der Waals surface area (Å²) < 4.78 is 27.2. The molecule has 27 heavy (non-hydrogen) atoms. The third-order valence-electron chi connectivity index (χ3n) is 3.72. The van der Waals surface area contributed by atoms with E-state index in [4.69, 9.17) is 0 Å². The molecule has 0 aliphatic rings. The molecular weight excluding hydrogens is 366 g/mol. The predicted octanol–water partition coefficient (Wildman–Crippen LogP) is 2.13. The summed E-state index contributed by atoms with van der Waals surface area (Å²) in [7, 11) is -3.75. The average Bonchev–Trinajstić information content (AvgIpc) is 2.66. The Morgan fingerprint density at radius 1 is 1.04 bits per heavy atom. The number of hydrogen-bond acceptors (Lipinski definition) is 4. The van der Waals surface area contributed by atoms with Gasteiger partial charge in [-0.05, 0) is 43.7 Å². The van der Waals surface area contributed by atoms with Gasteiger partial charge in [0.25, 0.3) is 15.9 Å². The van der Waals surface area contributed by atoms with Gasteiger partial charge in [0, 0.05) is 17.8 Å². The van der Waals surface area contributed by atoms with E-state index in [2.05, 4.69) is 15.4 Å². The first-order chi connectivity index (χ1) is 12.8. The lowest BCUT2D eigenvalue weighted by Crippen LogP contribution is -2.45. The van der Waals surface area contributed by atoms with E-state index in [-0.39, 0.29) is 22.1 Å². The Bertz CT molecular complexity index is 898. The first kappa shape index (κ1) is 20.4. The summed E-state index contributed by atoms with van der Waals surface area (Å²) in [5.74, 6) is -0.735. The van der Waals surface area contributed by atoms with E-state index in [1.165, 1.54) is 18.2 Å². The van der Waals surface area contributed by atoms with Crippen molar-refractivity contribution in [3.8, 4) is 0 Å². The number of amides is 2. The third-order valence-corrected chi connectivity index (χ3v) is 5.12. The number of rotatable bonds is 8. The summed E-state index contributed by atoms with van der Waals surface area (Å²) in [5, 5.41) is 5.30. The molecule has 0 spiro atoms. The maximum atomic E-state index is 12.4. The Kier molecular flexibility index (Phi) is 6.95. The lowest BCUT2D eigenvalue weighted by molar-refractivity contribution is -0.122. The maximum absolute atomic E-state index is 12.4. The Labute approximate surface area is 159 Å². The molecule has 0 aliphatic heterocycles. The Morgan fingerprint density at radius 2 is 1.74 bits per heavy atom. The van der Waals surface area contributed by atoms with Crippen LogP contribution in [-0.4, -0.2) is 32.8 Å². The summed E-state index contributed by atoms with van der Waals surface area (Å²) in [6.45, 7) is 4.06. The van der Waals surface area contributed by atoms with Gasteiger partial charge in [-0.1, -0.05) is 31.2 Å². The van der Waals surface area contributed by atoms with Crippen molar-refractivity contribution >= 4 is 27.5 Å². The highest BCUT2D eigenvalue weighted by Gasteiger charge is 2.18. The number of hydrogen-bond donors (Lipinski definition) is 3. The van der Waals surface area contributed by atoms with Crippen LogP contribution in [-0.2, 0) is 14.8 Å². The molecule has 144 valence electrons. The molecule has 0 fully saturated rings. The molecule has 0 aromatic heterocycles. The van der Waals surface area contributed by atoms with Gasteiger partial charge in [-0.15, -0.1) is 0 Å². The molecular formula is C19H23N3O4S. The van der Waals surface area contributed by atoms with Crippen molar-refractivity contribution in [2.45, 2.75) is 31.2 Å². The maximum Gasteiger partial charge on any atom is 0.261 e. The average molecular weight is 389 g/mol. The number of carbonyl (C=O) groups is 2. The number of anilines is 1. The second-order valence-electron chi connectivity index (χ2n) is 5.99. The molecule has 8 heteroatoms. The monoisotopic (exact) mass is 389 g/mol. The van der Waals surface area contributed by atoms with E-state index in [1.807, 2.05) is 6.92 Å². The zero-order chi connectivity index (χ0) is 19.9. The molecule has 2 aromatic rings. The Balaban J connectivity index is 2.08. The zero-order valence-corrected chi connectivity index (χ0v) is 16.0. The highest BCUT2D eigenvalue weighted by molar-refractivity contribution is 7.92. The third kappa shape index (κ3) is 5.82. The van der Waals surface area contributed by atoms with Crippen LogP contribution < -0.4 is 15.4 Å². The summed E-state index contributed by atoms with van der Waals surface area (Å²) in [4.78, 5) is 24.3. The first-order valence-electron chi connectivity index (χ1n) is 8.60. The fraction of sp³-hybridized carbons (Fsp3) is 0.263. The predicted molar refractivity (Wildman–Crippen MR) is 104 cm³/mol. The molecule has 0 heterocycles. The van der Waals surface area contributed by atoms with Crippen LogP contribution in [0, 0.1) is 0 Å². The minimum Gasteiger partial charge on any atom is -0.354 e. The largest absolute Gasteiger partial charge is 0.354 e. The van der Waals surface area contributed by atoms with Crippen molar-refractivity contribution in [3.05, 3.63) is 60.2 Å². The van der Waals surface area contributed by atoms with E-state index < -0.39 is 22.0 Å². The molecule has 0 aliphatic carbocycles. The molecule has 2 rings (SSSR count). The highest BCUT2D eigenvalue weighted by Crippen LogP contribution is 2.17. The number of benzene rings is 2. The van der Waals surface area contributed by atoms with Crippen LogP contribution in [0.1, 0.15) is 30.6 Å². The van der Waals surface area contributed by atoms with Crippen LogP contribution in [0.2, 0.25) is 0 Å². The van der Waals surface area contributed by atoms with E-state index in [1.54, 1.807) is 43.3 Å². The van der Waals surface area contributed by atoms with Gasteiger partial charge in [0.05, 0.1) is 4.90 Å². The molecule has 7 nitrogen and oxygen atoms in total. The fourth-order valence-electron chi connectivity index (χ4n) is 2.28. The normalized spacial score (nSPS) is 12.1. The summed E-state index contributed by atoms with van der Waals surface area (Å²) in [6, 6.07) is 13.3. The summed E-state index contributed by atoms with van der Waals surface area (Å²) in [5.41, 5.74) is 0.507. The fourth-order valence-corrected chi connectivity index (χ4v) is 3.36. The van der Waals surface area contributed by atoms with Crippen molar-refractivity contribution < 1.29 is 18.0 Å². The number of sulfonamides is 1. The van der Waals surface area contributed by atoms with E-state index in [0.29, 0.717) is 6.54 Å². The summed E-state index contributed by atoms with van der Waals surface area (Å²) >= 11 is 0. The molecule has 0 unspecified atom stereocenters. The molecule has 0 radical (unpaired) electrons. The quantitative estimate of drug-likeness (QED) is 0.643. The molecule has 2 aromatic carbocycles. The number of carbonyl (C=O) groups excluding carboxylic acids is 2. The standard InChI is InChI=1S/C19H23N3O4S/c1-3-12-20-18(23)14(2)21-19(24)15-8-7-9-16(13-15)22-27(25,26)17-10-5-4-6-11-17/h4-11,13-14,22H,3,12H2,1-2H3,(H,20,23)(H,21,24)/t14-/m0/s1. The molecule has 0 saturated heterocycles. The van der Waals surface area contributed by atoms with E-state index in [0.717, 1.165) is 6.42 Å². The lowest BCUT2D eigenvalue weighted by Gasteiger charge is -2.14. The van der Waals surface area contributed by atoms with Crippen molar-refractivity contribution in [3.63, 3.8) is 0 Å². The van der Waals surface area contributed by atoms with Crippen LogP contribution in [0.3, 0.4) is 0 Å². The van der Waals surface area contributed by atoms with Gasteiger partial charge in [0.15, 0.2) is 0 Å². The topological polar surface area (TPSA) is 104 Å². The van der Waals surface area contributed by atoms with Gasteiger partial charge in [-0.3, -0.25) is 14.3 Å². The van der Waals surface area contributed by atoms with Gasteiger partial charge in [0.1, 0.15) is 6.04 Å². The molecule has 0 bridgehead atoms.